The molecule has 2 aromatic heterocycles. The largest absolute Gasteiger partial charge is 0.497 e. The zero-order valence-electron chi connectivity index (χ0n) is 15.6. The standard InChI is InChI=1S/C21H20N4O2S/c1-14-12-25-13-19(24-21(25)28-14)16-6-3-5-15(9-16)11-22-20(26)23-17-7-4-8-18(10-17)27-2/h3-10,12-13H,11H2,1-2H3,(H2,22,23,26). The molecule has 0 unspecified atom stereocenters. The molecule has 2 heterocycles. The number of aromatic nitrogens is 2. The van der Waals surface area contributed by atoms with E-state index in [4.69, 9.17) is 4.74 Å². The first kappa shape index (κ1) is 18.1. The molecule has 28 heavy (non-hydrogen) atoms. The van der Waals surface area contributed by atoms with Gasteiger partial charge in [0.1, 0.15) is 5.75 Å². The Morgan fingerprint density at radius 2 is 2.04 bits per heavy atom. The number of carbonyl (C=O) groups excluding carboxylic acids is 1. The summed E-state index contributed by atoms with van der Waals surface area (Å²) in [7, 11) is 1.59. The van der Waals surface area contributed by atoms with E-state index in [1.165, 1.54) is 4.88 Å². The van der Waals surface area contributed by atoms with Gasteiger partial charge in [0.25, 0.3) is 0 Å². The van der Waals surface area contributed by atoms with Crippen LogP contribution < -0.4 is 15.4 Å². The van der Waals surface area contributed by atoms with Crippen molar-refractivity contribution in [2.75, 3.05) is 12.4 Å². The summed E-state index contributed by atoms with van der Waals surface area (Å²) in [5.41, 5.74) is 3.64. The van der Waals surface area contributed by atoms with Crippen LogP contribution >= 0.6 is 11.3 Å². The number of fused-ring (bicyclic) bond motifs is 1. The fourth-order valence-electron chi connectivity index (χ4n) is 2.95. The van der Waals surface area contributed by atoms with Gasteiger partial charge in [-0.1, -0.05) is 24.3 Å². The molecular weight excluding hydrogens is 372 g/mol. The minimum atomic E-state index is -0.267. The topological polar surface area (TPSA) is 67.7 Å². The van der Waals surface area contributed by atoms with Crippen molar-refractivity contribution in [2.45, 2.75) is 13.5 Å². The number of amides is 2. The summed E-state index contributed by atoms with van der Waals surface area (Å²) in [5.74, 6) is 0.695. The first-order chi connectivity index (χ1) is 13.6. The number of anilines is 1. The molecule has 2 amide bonds. The van der Waals surface area contributed by atoms with E-state index in [2.05, 4.69) is 28.7 Å². The van der Waals surface area contributed by atoms with E-state index >= 15 is 0 Å². The normalized spacial score (nSPS) is 10.8. The van der Waals surface area contributed by atoms with E-state index < -0.39 is 0 Å². The maximum absolute atomic E-state index is 12.2. The van der Waals surface area contributed by atoms with Gasteiger partial charge in [-0.2, -0.15) is 0 Å². The summed E-state index contributed by atoms with van der Waals surface area (Å²) in [6, 6.07) is 15.0. The van der Waals surface area contributed by atoms with Gasteiger partial charge in [0.05, 0.1) is 12.8 Å². The highest BCUT2D eigenvalue weighted by molar-refractivity contribution is 7.17. The molecule has 142 valence electrons. The molecule has 0 atom stereocenters. The number of methoxy groups -OCH3 is 1. The Morgan fingerprint density at radius 1 is 1.18 bits per heavy atom. The van der Waals surface area contributed by atoms with Crippen molar-refractivity contribution in [2.24, 2.45) is 0 Å². The molecule has 0 bridgehead atoms. The van der Waals surface area contributed by atoms with Crippen LogP contribution in [-0.2, 0) is 6.54 Å². The molecule has 0 aliphatic heterocycles. The third-order valence-electron chi connectivity index (χ3n) is 4.27. The van der Waals surface area contributed by atoms with Gasteiger partial charge in [-0.25, -0.2) is 9.78 Å². The summed E-state index contributed by atoms with van der Waals surface area (Å²) in [6.07, 6.45) is 4.10. The van der Waals surface area contributed by atoms with E-state index in [1.807, 2.05) is 53.1 Å². The van der Waals surface area contributed by atoms with Crippen LogP contribution in [0, 0.1) is 6.92 Å². The Bertz CT molecular complexity index is 1100. The van der Waals surface area contributed by atoms with Gasteiger partial charge in [-0.3, -0.25) is 4.40 Å². The predicted octanol–water partition coefficient (Wildman–Crippen LogP) is 4.70. The summed E-state index contributed by atoms with van der Waals surface area (Å²) in [6.45, 7) is 2.49. The molecule has 4 aromatic rings. The Balaban J connectivity index is 1.41. The average molecular weight is 392 g/mol. The summed E-state index contributed by atoms with van der Waals surface area (Å²) < 4.78 is 7.21. The molecule has 0 spiro atoms. The Morgan fingerprint density at radius 3 is 2.86 bits per heavy atom. The molecule has 0 saturated heterocycles. The van der Waals surface area contributed by atoms with Crippen molar-refractivity contribution in [1.29, 1.82) is 0 Å². The van der Waals surface area contributed by atoms with E-state index in [0.29, 0.717) is 18.0 Å². The van der Waals surface area contributed by atoms with Gasteiger partial charge >= 0.3 is 6.03 Å². The van der Waals surface area contributed by atoms with Gasteiger partial charge in [-0.05, 0) is 30.7 Å². The van der Waals surface area contributed by atoms with E-state index in [9.17, 15) is 4.79 Å². The van der Waals surface area contributed by atoms with E-state index in [-0.39, 0.29) is 6.03 Å². The number of ether oxygens (including phenoxy) is 1. The van der Waals surface area contributed by atoms with Gasteiger partial charge < -0.3 is 15.4 Å². The van der Waals surface area contributed by atoms with Crippen molar-refractivity contribution < 1.29 is 9.53 Å². The first-order valence-corrected chi connectivity index (χ1v) is 9.66. The van der Waals surface area contributed by atoms with Crippen molar-refractivity contribution in [3.8, 4) is 17.0 Å². The Labute approximate surface area is 166 Å². The van der Waals surface area contributed by atoms with Crippen molar-refractivity contribution in [3.63, 3.8) is 0 Å². The number of thiazole rings is 1. The Hall–Kier alpha value is -3.32. The fourth-order valence-corrected chi connectivity index (χ4v) is 3.76. The molecule has 0 radical (unpaired) electrons. The van der Waals surface area contributed by atoms with Crippen LogP contribution in [-0.4, -0.2) is 22.5 Å². The van der Waals surface area contributed by atoms with Gasteiger partial charge in [-0.15, -0.1) is 11.3 Å². The maximum atomic E-state index is 12.2. The van der Waals surface area contributed by atoms with Gasteiger partial charge in [0, 0.05) is 41.1 Å². The molecule has 4 rings (SSSR count). The number of nitrogens with one attached hydrogen (secondary N) is 2. The van der Waals surface area contributed by atoms with Crippen LogP contribution in [0.2, 0.25) is 0 Å². The highest BCUT2D eigenvalue weighted by atomic mass is 32.1. The SMILES string of the molecule is COc1cccc(NC(=O)NCc2cccc(-c3cn4cc(C)sc4n3)c2)c1. The molecular formula is C21H20N4O2S. The molecule has 0 saturated carbocycles. The van der Waals surface area contributed by atoms with Crippen LogP contribution in [0.5, 0.6) is 5.75 Å². The highest BCUT2D eigenvalue weighted by Gasteiger charge is 2.08. The lowest BCUT2D eigenvalue weighted by Crippen LogP contribution is -2.28. The van der Waals surface area contributed by atoms with E-state index in [0.717, 1.165) is 21.8 Å². The number of urea groups is 1. The first-order valence-electron chi connectivity index (χ1n) is 8.84. The van der Waals surface area contributed by atoms with Crippen molar-refractivity contribution >= 4 is 28.0 Å². The van der Waals surface area contributed by atoms with Crippen molar-refractivity contribution in [3.05, 3.63) is 71.4 Å². The maximum Gasteiger partial charge on any atom is 0.319 e. The zero-order valence-corrected chi connectivity index (χ0v) is 16.4. The number of hydrogen-bond acceptors (Lipinski definition) is 4. The second-order valence-corrected chi connectivity index (χ2v) is 7.61. The molecule has 0 aliphatic carbocycles. The number of aryl methyl sites for hydroxylation is 1. The number of benzene rings is 2. The Kier molecular flexibility index (Phi) is 4.99. The van der Waals surface area contributed by atoms with Crippen molar-refractivity contribution in [1.82, 2.24) is 14.7 Å². The second kappa shape index (κ2) is 7.74. The minimum absolute atomic E-state index is 0.267. The smallest absolute Gasteiger partial charge is 0.319 e. The molecule has 6 nitrogen and oxygen atoms in total. The summed E-state index contributed by atoms with van der Waals surface area (Å²) in [5, 5.41) is 5.69. The van der Waals surface area contributed by atoms with Gasteiger partial charge in [0.15, 0.2) is 4.96 Å². The number of hydrogen-bond donors (Lipinski definition) is 2. The third-order valence-corrected chi connectivity index (χ3v) is 5.19. The number of rotatable bonds is 5. The van der Waals surface area contributed by atoms with Crippen LogP contribution in [0.4, 0.5) is 10.5 Å². The van der Waals surface area contributed by atoms with Gasteiger partial charge in [0.2, 0.25) is 0 Å². The molecule has 0 aliphatic rings. The monoisotopic (exact) mass is 392 g/mol. The number of imidazole rings is 1. The predicted molar refractivity (Wildman–Crippen MR) is 112 cm³/mol. The number of carbonyl (C=O) groups is 1. The van der Waals surface area contributed by atoms with Crippen LogP contribution in [0.1, 0.15) is 10.4 Å². The minimum Gasteiger partial charge on any atom is -0.497 e. The zero-order chi connectivity index (χ0) is 19.5. The second-order valence-electron chi connectivity index (χ2n) is 6.40. The molecule has 2 N–H and O–H groups in total. The van der Waals surface area contributed by atoms with Crippen LogP contribution in [0.15, 0.2) is 60.9 Å². The third kappa shape index (κ3) is 3.99. The average Bonchev–Trinajstić information content (AvgIpc) is 3.24. The fraction of sp³-hybridized carbons (Fsp3) is 0.143. The van der Waals surface area contributed by atoms with E-state index in [1.54, 1.807) is 24.5 Å². The summed E-state index contributed by atoms with van der Waals surface area (Å²) in [4.78, 5) is 19.1. The molecule has 2 aromatic carbocycles. The lowest BCUT2D eigenvalue weighted by atomic mass is 10.1. The lowest BCUT2D eigenvalue weighted by Gasteiger charge is -2.09. The lowest BCUT2D eigenvalue weighted by molar-refractivity contribution is 0.251. The van der Waals surface area contributed by atoms with Crippen LogP contribution in [0.3, 0.4) is 0 Å². The quantitative estimate of drug-likeness (QED) is 0.517. The van der Waals surface area contributed by atoms with Crippen LogP contribution in [0.25, 0.3) is 16.2 Å². The molecule has 7 heteroatoms. The summed E-state index contributed by atoms with van der Waals surface area (Å²) >= 11 is 1.67. The highest BCUT2D eigenvalue weighted by Crippen LogP contribution is 2.24. The molecule has 0 fully saturated rings. The number of nitrogens with zero attached hydrogens (tertiary/aromatic N) is 2.